The monoisotopic (exact) mass is 330 g/mol. The van der Waals surface area contributed by atoms with Crippen molar-refractivity contribution in [1.29, 1.82) is 0 Å². The Morgan fingerprint density at radius 3 is 2.79 bits per heavy atom. The Hall–Kier alpha value is -1.37. The fourth-order valence-electron chi connectivity index (χ4n) is 1.44. The lowest BCUT2D eigenvalue weighted by molar-refractivity contribution is -0.127. The maximum atomic E-state index is 11.9. The van der Waals surface area contributed by atoms with Gasteiger partial charge in [-0.2, -0.15) is 5.10 Å². The van der Waals surface area contributed by atoms with E-state index in [1.807, 2.05) is 13.8 Å². The lowest BCUT2D eigenvalue weighted by Gasteiger charge is -2.15. The van der Waals surface area contributed by atoms with Gasteiger partial charge in [0.05, 0.1) is 18.4 Å². The van der Waals surface area contributed by atoms with Crippen LogP contribution in [0.2, 0.25) is 0 Å². The molecule has 0 radical (unpaired) electrons. The number of aryl methyl sites for hydroxylation is 1. The van der Waals surface area contributed by atoms with Gasteiger partial charge in [0.15, 0.2) is 0 Å². The number of carbonyl (C=O) groups excluding carboxylic acids is 1. The second kappa shape index (κ2) is 7.28. The van der Waals surface area contributed by atoms with E-state index in [2.05, 4.69) is 26.3 Å². The molecule has 1 heterocycles. The van der Waals surface area contributed by atoms with Crippen LogP contribution < -0.4 is 10.9 Å². The number of amides is 1. The highest BCUT2D eigenvalue weighted by atomic mass is 79.9. The molecule has 7 heteroatoms. The lowest BCUT2D eigenvalue weighted by atomic mass is 10.4. The van der Waals surface area contributed by atoms with Crippen molar-refractivity contribution in [2.24, 2.45) is 0 Å². The molecule has 1 aromatic heterocycles. The number of hydrogen-bond acceptors (Lipinski definition) is 4. The van der Waals surface area contributed by atoms with Crippen LogP contribution in [0.4, 0.5) is 5.69 Å². The summed E-state index contributed by atoms with van der Waals surface area (Å²) >= 11 is 3.24. The van der Waals surface area contributed by atoms with Crippen molar-refractivity contribution < 1.29 is 4.79 Å². The fourth-order valence-corrected chi connectivity index (χ4v) is 1.89. The Labute approximate surface area is 120 Å². The fraction of sp³-hybridized carbons (Fsp3) is 0.583. The van der Waals surface area contributed by atoms with Crippen molar-refractivity contribution in [2.45, 2.75) is 26.8 Å². The van der Waals surface area contributed by atoms with Gasteiger partial charge in [-0.15, -0.1) is 0 Å². The molecule has 0 bridgehead atoms. The summed E-state index contributed by atoms with van der Waals surface area (Å²) in [6.07, 6.45) is 2.40. The molecule has 0 aliphatic heterocycles. The molecule has 0 unspecified atom stereocenters. The molecular formula is C12H19BrN4O2. The standard InChI is InChI=1S/C12H19BrN4O2/c1-4-6-17-12(19)11(13)9(7-15-17)14-8-10(18)16(3)5-2/h7,14H,4-6,8H2,1-3H3. The highest BCUT2D eigenvalue weighted by Crippen LogP contribution is 2.15. The molecule has 0 aromatic carbocycles. The first-order valence-corrected chi connectivity index (χ1v) is 7.04. The van der Waals surface area contributed by atoms with E-state index in [9.17, 15) is 9.59 Å². The number of hydrogen-bond donors (Lipinski definition) is 1. The van der Waals surface area contributed by atoms with Gasteiger partial charge in [0.1, 0.15) is 4.47 Å². The van der Waals surface area contributed by atoms with E-state index in [0.29, 0.717) is 23.2 Å². The third kappa shape index (κ3) is 4.05. The van der Waals surface area contributed by atoms with E-state index < -0.39 is 0 Å². The van der Waals surface area contributed by atoms with Gasteiger partial charge in [0, 0.05) is 20.1 Å². The van der Waals surface area contributed by atoms with Crippen LogP contribution in [0.3, 0.4) is 0 Å². The number of rotatable bonds is 6. The number of carbonyl (C=O) groups is 1. The lowest BCUT2D eigenvalue weighted by Crippen LogP contribution is -2.32. The Morgan fingerprint density at radius 2 is 2.21 bits per heavy atom. The molecule has 1 rings (SSSR count). The second-order valence-electron chi connectivity index (χ2n) is 4.16. The summed E-state index contributed by atoms with van der Waals surface area (Å²) in [6.45, 7) is 5.25. The molecular weight excluding hydrogens is 312 g/mol. The molecule has 0 atom stereocenters. The average molecular weight is 331 g/mol. The maximum Gasteiger partial charge on any atom is 0.283 e. The van der Waals surface area contributed by atoms with Gasteiger partial charge in [-0.05, 0) is 29.3 Å². The molecule has 0 aliphatic carbocycles. The molecule has 1 amide bonds. The van der Waals surface area contributed by atoms with Crippen molar-refractivity contribution in [3.8, 4) is 0 Å². The van der Waals surface area contributed by atoms with Crippen LogP contribution in [0.1, 0.15) is 20.3 Å². The van der Waals surface area contributed by atoms with Crippen LogP contribution >= 0.6 is 15.9 Å². The zero-order valence-electron chi connectivity index (χ0n) is 11.4. The van der Waals surface area contributed by atoms with Crippen LogP contribution in [0.5, 0.6) is 0 Å². The van der Waals surface area contributed by atoms with E-state index >= 15 is 0 Å². The van der Waals surface area contributed by atoms with Crippen LogP contribution in [-0.4, -0.2) is 40.7 Å². The number of nitrogens with one attached hydrogen (secondary N) is 1. The molecule has 1 aromatic rings. The summed E-state index contributed by atoms with van der Waals surface area (Å²) in [5, 5.41) is 6.98. The summed E-state index contributed by atoms with van der Waals surface area (Å²) in [7, 11) is 1.73. The summed E-state index contributed by atoms with van der Waals surface area (Å²) in [5.41, 5.74) is 0.346. The minimum absolute atomic E-state index is 0.0351. The number of likely N-dealkylation sites (N-methyl/N-ethyl adjacent to an activating group) is 1. The number of nitrogens with zero attached hydrogens (tertiary/aromatic N) is 3. The van der Waals surface area contributed by atoms with Gasteiger partial charge in [0.25, 0.3) is 5.56 Å². The Morgan fingerprint density at radius 1 is 1.53 bits per heavy atom. The normalized spacial score (nSPS) is 10.3. The van der Waals surface area contributed by atoms with Crippen molar-refractivity contribution in [1.82, 2.24) is 14.7 Å². The van der Waals surface area contributed by atoms with Gasteiger partial charge in [0.2, 0.25) is 5.91 Å². The molecule has 106 valence electrons. The summed E-state index contributed by atoms with van der Waals surface area (Å²) in [6, 6.07) is 0. The second-order valence-corrected chi connectivity index (χ2v) is 4.95. The first kappa shape index (κ1) is 15.7. The van der Waals surface area contributed by atoms with Gasteiger partial charge < -0.3 is 10.2 Å². The SMILES string of the molecule is CCCn1ncc(NCC(=O)N(C)CC)c(Br)c1=O. The van der Waals surface area contributed by atoms with Crippen molar-refractivity contribution in [3.05, 3.63) is 21.0 Å². The molecule has 6 nitrogen and oxygen atoms in total. The Balaban J connectivity index is 2.78. The zero-order valence-corrected chi connectivity index (χ0v) is 13.0. The summed E-state index contributed by atoms with van der Waals surface area (Å²) < 4.78 is 1.80. The quantitative estimate of drug-likeness (QED) is 0.853. The van der Waals surface area contributed by atoms with E-state index in [4.69, 9.17) is 0 Å². The first-order valence-electron chi connectivity index (χ1n) is 6.24. The number of halogens is 1. The minimum Gasteiger partial charge on any atom is -0.374 e. The van der Waals surface area contributed by atoms with Crippen LogP contribution in [0, 0.1) is 0 Å². The van der Waals surface area contributed by atoms with Gasteiger partial charge in [-0.3, -0.25) is 9.59 Å². The molecule has 0 aliphatic rings. The molecule has 0 spiro atoms. The highest BCUT2D eigenvalue weighted by Gasteiger charge is 2.11. The van der Waals surface area contributed by atoms with Gasteiger partial charge in [-0.25, -0.2) is 4.68 Å². The predicted octanol–water partition coefficient (Wildman–Crippen LogP) is 1.31. The van der Waals surface area contributed by atoms with E-state index in [-0.39, 0.29) is 18.0 Å². The van der Waals surface area contributed by atoms with Gasteiger partial charge >= 0.3 is 0 Å². The molecule has 1 N–H and O–H groups in total. The van der Waals surface area contributed by atoms with Crippen LogP contribution in [0.15, 0.2) is 15.5 Å². The smallest absolute Gasteiger partial charge is 0.283 e. The zero-order chi connectivity index (χ0) is 14.4. The maximum absolute atomic E-state index is 11.9. The Kier molecular flexibility index (Phi) is 6.01. The van der Waals surface area contributed by atoms with E-state index in [1.165, 1.54) is 4.68 Å². The molecule has 0 saturated heterocycles. The third-order valence-corrected chi connectivity index (χ3v) is 3.52. The van der Waals surface area contributed by atoms with Crippen LogP contribution in [0.25, 0.3) is 0 Å². The number of aromatic nitrogens is 2. The molecule has 0 saturated carbocycles. The number of anilines is 1. The van der Waals surface area contributed by atoms with Crippen molar-refractivity contribution in [2.75, 3.05) is 25.5 Å². The largest absolute Gasteiger partial charge is 0.374 e. The molecule has 0 fully saturated rings. The minimum atomic E-state index is -0.192. The van der Waals surface area contributed by atoms with Gasteiger partial charge in [-0.1, -0.05) is 6.92 Å². The topological polar surface area (TPSA) is 67.2 Å². The van der Waals surface area contributed by atoms with E-state index in [1.54, 1.807) is 18.1 Å². The third-order valence-electron chi connectivity index (χ3n) is 2.75. The first-order chi connectivity index (χ1) is 9.01. The predicted molar refractivity (Wildman–Crippen MR) is 78.3 cm³/mol. The summed E-state index contributed by atoms with van der Waals surface area (Å²) in [5.74, 6) is -0.0351. The van der Waals surface area contributed by atoms with Crippen molar-refractivity contribution in [3.63, 3.8) is 0 Å². The van der Waals surface area contributed by atoms with Crippen molar-refractivity contribution >= 4 is 27.5 Å². The average Bonchev–Trinajstić information content (AvgIpc) is 2.42. The molecule has 19 heavy (non-hydrogen) atoms. The highest BCUT2D eigenvalue weighted by molar-refractivity contribution is 9.10. The van der Waals surface area contributed by atoms with E-state index in [0.717, 1.165) is 6.42 Å². The Bertz CT molecular complexity index is 501. The summed E-state index contributed by atoms with van der Waals surface area (Å²) in [4.78, 5) is 25.2. The van der Waals surface area contributed by atoms with Crippen LogP contribution in [-0.2, 0) is 11.3 Å².